The van der Waals surface area contributed by atoms with Crippen molar-refractivity contribution in [1.29, 1.82) is 0 Å². The van der Waals surface area contributed by atoms with E-state index in [1.165, 1.54) is 11.8 Å². The second kappa shape index (κ2) is 4.65. The average Bonchev–Trinajstić information content (AvgIpc) is 2.14. The van der Waals surface area contributed by atoms with Crippen LogP contribution in [0.4, 0.5) is 0 Å². The van der Waals surface area contributed by atoms with Gasteiger partial charge in [-0.05, 0) is 11.6 Å². The van der Waals surface area contributed by atoms with E-state index < -0.39 is 0 Å². The maximum Gasteiger partial charge on any atom is 0.194 e. The standard InChI is InChI=1S/C12H15OS/c1-12(2,3)11(13)14-9-10-7-5-4-6-8-10/h4-7H,9H2,1-3H3. The molecule has 0 heterocycles. The fourth-order valence-corrected chi connectivity index (χ4v) is 1.78. The average molecular weight is 207 g/mol. The van der Waals surface area contributed by atoms with Gasteiger partial charge in [0.2, 0.25) is 0 Å². The molecular formula is C12H15OS. The second-order valence-corrected chi connectivity index (χ2v) is 5.16. The third-order valence-electron chi connectivity index (χ3n) is 1.74. The van der Waals surface area contributed by atoms with Crippen LogP contribution in [0.1, 0.15) is 26.3 Å². The van der Waals surface area contributed by atoms with E-state index in [-0.39, 0.29) is 10.5 Å². The van der Waals surface area contributed by atoms with Gasteiger partial charge in [0.1, 0.15) is 0 Å². The fraction of sp³-hybridized carbons (Fsp3) is 0.417. The monoisotopic (exact) mass is 207 g/mol. The van der Waals surface area contributed by atoms with Crippen LogP contribution >= 0.6 is 11.8 Å². The summed E-state index contributed by atoms with van der Waals surface area (Å²) in [4.78, 5) is 11.6. The van der Waals surface area contributed by atoms with Crippen molar-refractivity contribution in [3.8, 4) is 0 Å². The molecule has 0 unspecified atom stereocenters. The van der Waals surface area contributed by atoms with Crippen molar-refractivity contribution < 1.29 is 4.79 Å². The summed E-state index contributed by atoms with van der Waals surface area (Å²) in [6, 6.07) is 10.9. The molecule has 0 bridgehead atoms. The maximum atomic E-state index is 11.6. The van der Waals surface area contributed by atoms with Crippen molar-refractivity contribution >= 4 is 16.9 Å². The van der Waals surface area contributed by atoms with Crippen LogP contribution in [0.25, 0.3) is 0 Å². The molecule has 0 fully saturated rings. The van der Waals surface area contributed by atoms with Crippen LogP contribution in [-0.4, -0.2) is 5.12 Å². The molecule has 14 heavy (non-hydrogen) atoms. The Balaban J connectivity index is 2.46. The summed E-state index contributed by atoms with van der Waals surface area (Å²) < 4.78 is 0. The Morgan fingerprint density at radius 3 is 2.64 bits per heavy atom. The van der Waals surface area contributed by atoms with Gasteiger partial charge in [-0.1, -0.05) is 56.8 Å². The molecule has 75 valence electrons. The quantitative estimate of drug-likeness (QED) is 0.740. The van der Waals surface area contributed by atoms with Crippen LogP contribution in [0.2, 0.25) is 0 Å². The Hall–Kier alpha value is -0.760. The molecule has 1 aromatic rings. The van der Waals surface area contributed by atoms with E-state index in [2.05, 4.69) is 6.07 Å². The highest BCUT2D eigenvalue weighted by Gasteiger charge is 2.21. The highest BCUT2D eigenvalue weighted by atomic mass is 32.2. The molecule has 1 aromatic carbocycles. The zero-order valence-corrected chi connectivity index (χ0v) is 9.65. The van der Waals surface area contributed by atoms with Gasteiger partial charge in [-0.15, -0.1) is 0 Å². The lowest BCUT2D eigenvalue weighted by molar-refractivity contribution is -0.117. The first kappa shape index (κ1) is 11.3. The molecule has 0 N–H and O–H groups in total. The molecule has 1 nitrogen and oxygen atoms in total. The van der Waals surface area contributed by atoms with Crippen LogP contribution < -0.4 is 0 Å². The molecule has 0 amide bonds. The number of carbonyl (C=O) groups excluding carboxylic acids is 1. The zero-order valence-electron chi connectivity index (χ0n) is 8.83. The Morgan fingerprint density at radius 2 is 2.14 bits per heavy atom. The molecule has 0 aliphatic carbocycles. The predicted octanol–water partition coefficient (Wildman–Crippen LogP) is 3.29. The van der Waals surface area contributed by atoms with E-state index in [9.17, 15) is 4.79 Å². The van der Waals surface area contributed by atoms with Crippen molar-refractivity contribution in [3.63, 3.8) is 0 Å². The van der Waals surface area contributed by atoms with Crippen molar-refractivity contribution in [2.24, 2.45) is 5.41 Å². The first-order chi connectivity index (χ1) is 6.50. The van der Waals surface area contributed by atoms with Gasteiger partial charge in [-0.25, -0.2) is 0 Å². The van der Waals surface area contributed by atoms with E-state index in [0.717, 1.165) is 11.3 Å². The lowest BCUT2D eigenvalue weighted by Crippen LogP contribution is -2.16. The highest BCUT2D eigenvalue weighted by molar-refractivity contribution is 8.13. The molecule has 0 aliphatic rings. The molecular weight excluding hydrogens is 192 g/mol. The van der Waals surface area contributed by atoms with Crippen LogP contribution in [0.15, 0.2) is 24.3 Å². The molecule has 0 saturated carbocycles. The smallest absolute Gasteiger partial charge is 0.194 e. The minimum atomic E-state index is -0.251. The van der Waals surface area contributed by atoms with Gasteiger partial charge in [0.15, 0.2) is 5.12 Å². The third-order valence-corrected chi connectivity index (χ3v) is 3.07. The molecule has 0 aliphatic heterocycles. The molecule has 0 aromatic heterocycles. The lowest BCUT2D eigenvalue weighted by atomic mass is 10.00. The minimum absolute atomic E-state index is 0.231. The van der Waals surface area contributed by atoms with E-state index in [1.54, 1.807) is 0 Å². The fourth-order valence-electron chi connectivity index (χ4n) is 0.880. The molecule has 1 rings (SSSR count). The largest absolute Gasteiger partial charge is 0.287 e. The SMILES string of the molecule is CC(C)(C)C(=O)SCc1[c]cccc1. The number of thioether (sulfide) groups is 1. The first-order valence-electron chi connectivity index (χ1n) is 4.63. The lowest BCUT2D eigenvalue weighted by Gasteiger charge is -2.15. The summed E-state index contributed by atoms with van der Waals surface area (Å²) in [5.74, 6) is 0.719. The summed E-state index contributed by atoms with van der Waals surface area (Å²) in [6.07, 6.45) is 0. The number of benzene rings is 1. The molecule has 0 atom stereocenters. The summed E-state index contributed by atoms with van der Waals surface area (Å²) in [5, 5.41) is 0.231. The van der Waals surface area contributed by atoms with Gasteiger partial charge in [0.05, 0.1) is 0 Å². The third kappa shape index (κ3) is 3.54. The van der Waals surface area contributed by atoms with Crippen LogP contribution in [0.3, 0.4) is 0 Å². The summed E-state index contributed by atoms with van der Waals surface area (Å²) >= 11 is 1.37. The zero-order chi connectivity index (χ0) is 10.6. The van der Waals surface area contributed by atoms with E-state index in [1.807, 2.05) is 45.0 Å². The van der Waals surface area contributed by atoms with Crippen molar-refractivity contribution in [2.75, 3.05) is 0 Å². The number of hydrogen-bond donors (Lipinski definition) is 0. The van der Waals surface area contributed by atoms with Crippen molar-refractivity contribution in [2.45, 2.75) is 26.5 Å². The van der Waals surface area contributed by atoms with Crippen LogP contribution in [0, 0.1) is 11.5 Å². The topological polar surface area (TPSA) is 17.1 Å². The minimum Gasteiger partial charge on any atom is -0.287 e. The molecule has 1 radical (unpaired) electrons. The van der Waals surface area contributed by atoms with Crippen molar-refractivity contribution in [1.82, 2.24) is 0 Å². The Kier molecular flexibility index (Phi) is 3.76. The molecule has 0 spiro atoms. The summed E-state index contributed by atoms with van der Waals surface area (Å²) in [6.45, 7) is 5.82. The highest BCUT2D eigenvalue weighted by Crippen LogP contribution is 2.25. The number of carbonyl (C=O) groups is 1. The first-order valence-corrected chi connectivity index (χ1v) is 5.61. The predicted molar refractivity (Wildman–Crippen MR) is 61.0 cm³/mol. The summed E-state index contributed by atoms with van der Waals surface area (Å²) in [7, 11) is 0. The summed E-state index contributed by atoms with van der Waals surface area (Å²) in [5.41, 5.74) is 0.828. The molecule has 2 heteroatoms. The van der Waals surface area contributed by atoms with Gasteiger partial charge < -0.3 is 0 Å². The van der Waals surface area contributed by atoms with Crippen LogP contribution in [-0.2, 0) is 10.5 Å². The van der Waals surface area contributed by atoms with Crippen LogP contribution in [0.5, 0.6) is 0 Å². The second-order valence-electron chi connectivity index (χ2n) is 4.21. The Labute approximate surface area is 89.9 Å². The Bertz CT molecular complexity index is 298. The molecule has 0 saturated heterocycles. The van der Waals surface area contributed by atoms with Crippen molar-refractivity contribution in [3.05, 3.63) is 35.9 Å². The number of rotatable bonds is 2. The van der Waals surface area contributed by atoms with Gasteiger partial charge in [-0.2, -0.15) is 0 Å². The van der Waals surface area contributed by atoms with E-state index in [0.29, 0.717) is 0 Å². The van der Waals surface area contributed by atoms with Gasteiger partial charge in [-0.3, -0.25) is 4.79 Å². The maximum absolute atomic E-state index is 11.6. The van der Waals surface area contributed by atoms with E-state index in [4.69, 9.17) is 0 Å². The number of hydrogen-bond acceptors (Lipinski definition) is 2. The Morgan fingerprint density at radius 1 is 1.43 bits per heavy atom. The van der Waals surface area contributed by atoms with Gasteiger partial charge in [0.25, 0.3) is 0 Å². The van der Waals surface area contributed by atoms with E-state index >= 15 is 0 Å². The normalized spacial score (nSPS) is 11.4. The van der Waals surface area contributed by atoms with Gasteiger partial charge in [0, 0.05) is 11.2 Å². The van der Waals surface area contributed by atoms with Gasteiger partial charge >= 0.3 is 0 Å².